The van der Waals surface area contributed by atoms with Gasteiger partial charge in [-0.1, -0.05) is 30.3 Å². The van der Waals surface area contributed by atoms with Crippen molar-refractivity contribution in [3.8, 4) is 0 Å². The van der Waals surface area contributed by atoms with Gasteiger partial charge in [0.15, 0.2) is 0 Å². The highest BCUT2D eigenvalue weighted by molar-refractivity contribution is 5.80. The second-order valence-corrected chi connectivity index (χ2v) is 7.78. The van der Waals surface area contributed by atoms with Crippen LogP contribution in [0.4, 0.5) is 10.1 Å². The molecule has 0 N–H and O–H groups in total. The Kier molecular flexibility index (Phi) is 5.10. The van der Waals surface area contributed by atoms with Crippen molar-refractivity contribution in [2.24, 2.45) is 5.92 Å². The van der Waals surface area contributed by atoms with Crippen LogP contribution in [0.2, 0.25) is 0 Å². The maximum atomic E-state index is 15.2. The van der Waals surface area contributed by atoms with Gasteiger partial charge in [-0.05, 0) is 37.0 Å². The number of halogens is 1. The minimum absolute atomic E-state index is 0.0133. The van der Waals surface area contributed by atoms with Crippen LogP contribution in [0.1, 0.15) is 24.8 Å². The minimum Gasteiger partial charge on any atom is -0.371 e. The van der Waals surface area contributed by atoms with Crippen LogP contribution < -0.4 is 4.90 Å². The second-order valence-electron chi connectivity index (χ2n) is 7.78. The predicted molar refractivity (Wildman–Crippen MR) is 104 cm³/mol. The second kappa shape index (κ2) is 7.67. The molecule has 1 unspecified atom stereocenters. The maximum absolute atomic E-state index is 15.2. The van der Waals surface area contributed by atoms with E-state index in [1.807, 2.05) is 47.4 Å². The molecule has 1 aromatic heterocycles. The molecule has 0 radical (unpaired) electrons. The molecule has 2 aliphatic heterocycles. The molecule has 2 saturated heterocycles. The average Bonchev–Trinajstić information content (AvgIpc) is 3.19. The molecule has 2 aliphatic rings. The van der Waals surface area contributed by atoms with Crippen LogP contribution in [-0.4, -0.2) is 47.6 Å². The summed E-state index contributed by atoms with van der Waals surface area (Å²) >= 11 is 0. The fourth-order valence-electron chi connectivity index (χ4n) is 4.28. The van der Waals surface area contributed by atoms with Gasteiger partial charge < -0.3 is 9.80 Å². The number of pyridine rings is 1. The average molecular weight is 367 g/mol. The fraction of sp³-hybridized carbons (Fsp3) is 0.455. The summed E-state index contributed by atoms with van der Waals surface area (Å²) in [6.45, 7) is 2.67. The van der Waals surface area contributed by atoms with Crippen molar-refractivity contribution in [2.75, 3.05) is 31.1 Å². The summed E-state index contributed by atoms with van der Waals surface area (Å²) in [6, 6.07) is 13.8. The van der Waals surface area contributed by atoms with Crippen molar-refractivity contribution in [3.05, 3.63) is 60.4 Å². The van der Waals surface area contributed by atoms with E-state index in [-0.39, 0.29) is 11.8 Å². The number of likely N-dealkylation sites (tertiary alicyclic amines) is 1. The fourth-order valence-corrected chi connectivity index (χ4v) is 4.28. The summed E-state index contributed by atoms with van der Waals surface area (Å²) < 4.78 is 15.2. The van der Waals surface area contributed by atoms with Gasteiger partial charge >= 0.3 is 0 Å². The van der Waals surface area contributed by atoms with E-state index in [0.717, 1.165) is 30.8 Å². The lowest BCUT2D eigenvalue weighted by Gasteiger charge is -2.37. The number of hydrogen-bond donors (Lipinski definition) is 0. The number of nitrogens with zero attached hydrogens (tertiary/aromatic N) is 3. The van der Waals surface area contributed by atoms with Gasteiger partial charge in [0.25, 0.3) is 0 Å². The smallest absolute Gasteiger partial charge is 0.227 e. The minimum atomic E-state index is -1.20. The number of benzene rings is 1. The van der Waals surface area contributed by atoms with E-state index < -0.39 is 5.67 Å². The third-order valence-electron chi connectivity index (χ3n) is 5.90. The maximum Gasteiger partial charge on any atom is 0.227 e. The Bertz CT molecular complexity index is 760. The molecular weight excluding hydrogens is 341 g/mol. The molecule has 4 rings (SSSR count). The van der Waals surface area contributed by atoms with E-state index in [0.29, 0.717) is 32.4 Å². The van der Waals surface area contributed by atoms with Crippen LogP contribution in [-0.2, 0) is 11.2 Å². The van der Waals surface area contributed by atoms with Crippen molar-refractivity contribution in [1.82, 2.24) is 9.88 Å². The first-order valence-corrected chi connectivity index (χ1v) is 9.80. The van der Waals surface area contributed by atoms with Crippen LogP contribution in [0.5, 0.6) is 0 Å². The zero-order chi connectivity index (χ0) is 18.7. The van der Waals surface area contributed by atoms with Crippen LogP contribution in [0.25, 0.3) is 0 Å². The summed E-state index contributed by atoms with van der Waals surface area (Å²) in [7, 11) is 0. The van der Waals surface area contributed by atoms with Gasteiger partial charge in [0.2, 0.25) is 5.91 Å². The zero-order valence-electron chi connectivity index (χ0n) is 15.6. The number of carbonyl (C=O) groups excluding carboxylic acids is 1. The Labute approximate surface area is 160 Å². The molecule has 142 valence electrons. The third kappa shape index (κ3) is 4.12. The number of piperidine rings is 1. The molecule has 3 heterocycles. The highest BCUT2D eigenvalue weighted by Crippen LogP contribution is 2.32. The van der Waals surface area contributed by atoms with Crippen molar-refractivity contribution >= 4 is 11.6 Å². The van der Waals surface area contributed by atoms with Gasteiger partial charge in [-0.25, -0.2) is 4.39 Å². The van der Waals surface area contributed by atoms with E-state index in [4.69, 9.17) is 0 Å². The Morgan fingerprint density at radius 2 is 1.78 bits per heavy atom. The molecule has 2 aromatic rings. The molecule has 5 heteroatoms. The quantitative estimate of drug-likeness (QED) is 0.830. The van der Waals surface area contributed by atoms with Gasteiger partial charge in [-0.3, -0.25) is 9.78 Å². The molecule has 0 aliphatic carbocycles. The summed E-state index contributed by atoms with van der Waals surface area (Å²) in [4.78, 5) is 21.1. The molecule has 0 bridgehead atoms. The molecule has 27 heavy (non-hydrogen) atoms. The molecular formula is C22H26FN3O. The van der Waals surface area contributed by atoms with Crippen LogP contribution in [0.15, 0.2) is 54.9 Å². The van der Waals surface area contributed by atoms with E-state index in [2.05, 4.69) is 9.88 Å². The monoisotopic (exact) mass is 367 g/mol. The number of carbonyl (C=O) groups is 1. The van der Waals surface area contributed by atoms with Gasteiger partial charge in [0.1, 0.15) is 5.67 Å². The Balaban J connectivity index is 1.31. The topological polar surface area (TPSA) is 36.4 Å². The Morgan fingerprint density at radius 3 is 2.48 bits per heavy atom. The van der Waals surface area contributed by atoms with Gasteiger partial charge in [0.05, 0.1) is 5.92 Å². The van der Waals surface area contributed by atoms with Crippen molar-refractivity contribution < 1.29 is 9.18 Å². The molecule has 2 fully saturated rings. The van der Waals surface area contributed by atoms with E-state index in [1.165, 1.54) is 0 Å². The first-order valence-electron chi connectivity index (χ1n) is 9.80. The molecule has 0 spiro atoms. The summed E-state index contributed by atoms with van der Waals surface area (Å²) in [6.07, 6.45) is 5.71. The SMILES string of the molecule is O=C(C1CCN(c2ccncc2)C1)N1CCC(F)(Cc2ccccc2)CC1. The summed E-state index contributed by atoms with van der Waals surface area (Å²) in [5.74, 6) is 0.202. The highest BCUT2D eigenvalue weighted by Gasteiger charge is 2.39. The predicted octanol–water partition coefficient (Wildman–Crippen LogP) is 3.48. The number of amides is 1. The molecule has 1 atom stereocenters. The standard InChI is InChI=1S/C22H26FN3O/c23-22(16-18-4-2-1-3-5-18)9-14-25(15-10-22)21(27)19-8-13-26(17-19)20-6-11-24-12-7-20/h1-7,11-12,19H,8-10,13-17H2. The Morgan fingerprint density at radius 1 is 1.07 bits per heavy atom. The number of anilines is 1. The lowest BCUT2D eigenvalue weighted by Crippen LogP contribution is -2.47. The molecule has 1 aromatic carbocycles. The van der Waals surface area contributed by atoms with Crippen molar-refractivity contribution in [3.63, 3.8) is 0 Å². The number of alkyl halides is 1. The lowest BCUT2D eigenvalue weighted by atomic mass is 9.86. The normalized spacial score (nSPS) is 22.0. The van der Waals surface area contributed by atoms with E-state index in [1.54, 1.807) is 12.4 Å². The highest BCUT2D eigenvalue weighted by atomic mass is 19.1. The Hall–Kier alpha value is -2.43. The largest absolute Gasteiger partial charge is 0.371 e. The van der Waals surface area contributed by atoms with E-state index >= 15 is 4.39 Å². The van der Waals surface area contributed by atoms with Crippen molar-refractivity contribution in [2.45, 2.75) is 31.4 Å². The molecule has 4 nitrogen and oxygen atoms in total. The summed E-state index contributed by atoms with van der Waals surface area (Å²) in [5.41, 5.74) is 0.949. The number of rotatable bonds is 4. The van der Waals surface area contributed by atoms with Crippen LogP contribution >= 0.6 is 0 Å². The van der Waals surface area contributed by atoms with Gasteiger partial charge in [-0.15, -0.1) is 0 Å². The number of aromatic nitrogens is 1. The van der Waals surface area contributed by atoms with Gasteiger partial charge in [0, 0.05) is 50.7 Å². The first-order chi connectivity index (χ1) is 13.1. The van der Waals surface area contributed by atoms with Crippen LogP contribution in [0, 0.1) is 5.92 Å². The third-order valence-corrected chi connectivity index (χ3v) is 5.90. The summed E-state index contributed by atoms with van der Waals surface area (Å²) in [5, 5.41) is 0. The molecule has 0 saturated carbocycles. The first kappa shape index (κ1) is 18.0. The van der Waals surface area contributed by atoms with Crippen molar-refractivity contribution in [1.29, 1.82) is 0 Å². The number of hydrogen-bond acceptors (Lipinski definition) is 3. The zero-order valence-corrected chi connectivity index (χ0v) is 15.6. The molecule has 1 amide bonds. The van der Waals surface area contributed by atoms with Crippen LogP contribution in [0.3, 0.4) is 0 Å². The lowest BCUT2D eigenvalue weighted by molar-refractivity contribution is -0.137. The van der Waals surface area contributed by atoms with E-state index in [9.17, 15) is 4.79 Å². The van der Waals surface area contributed by atoms with Gasteiger partial charge in [-0.2, -0.15) is 0 Å².